The van der Waals surface area contributed by atoms with Gasteiger partial charge >= 0.3 is 6.09 Å². The summed E-state index contributed by atoms with van der Waals surface area (Å²) in [6.45, 7) is 6.92. The average Bonchev–Trinajstić information content (AvgIpc) is 3.23. The van der Waals surface area contributed by atoms with Crippen LogP contribution in [0.1, 0.15) is 45.2 Å². The summed E-state index contributed by atoms with van der Waals surface area (Å²) in [5, 5.41) is 9.33. The lowest BCUT2D eigenvalue weighted by Crippen LogP contribution is -2.49. The van der Waals surface area contributed by atoms with E-state index in [1.165, 1.54) is 24.3 Å². The second kappa shape index (κ2) is 10.2. The quantitative estimate of drug-likeness (QED) is 0.555. The van der Waals surface area contributed by atoms with E-state index in [0.29, 0.717) is 5.56 Å². The number of nitrogens with zero attached hydrogens (tertiary/aromatic N) is 2. The highest BCUT2D eigenvalue weighted by Crippen LogP contribution is 2.19. The monoisotopic (exact) mass is 454 g/mol. The van der Waals surface area contributed by atoms with Crippen LogP contribution in [0.3, 0.4) is 0 Å². The largest absolute Gasteiger partial charge is 0.444 e. The predicted octanol–water partition coefficient (Wildman–Crippen LogP) is 4.19. The van der Waals surface area contributed by atoms with E-state index >= 15 is 0 Å². The van der Waals surface area contributed by atoms with E-state index in [1.54, 1.807) is 27.7 Å². The average molecular weight is 455 g/mol. The molecule has 1 heterocycles. The minimum Gasteiger partial charge on any atom is -0.444 e. The van der Waals surface area contributed by atoms with Gasteiger partial charge < -0.3 is 19.9 Å². The number of hydrogen-bond donors (Lipinski definition) is 2. The van der Waals surface area contributed by atoms with Crippen molar-refractivity contribution < 1.29 is 23.2 Å². The minimum absolute atomic E-state index is 0.179. The van der Waals surface area contributed by atoms with Gasteiger partial charge in [-0.3, -0.25) is 4.79 Å². The summed E-state index contributed by atoms with van der Waals surface area (Å²) in [4.78, 5) is 29.6. The number of amides is 2. The van der Waals surface area contributed by atoms with Gasteiger partial charge in [0.1, 0.15) is 23.5 Å². The lowest BCUT2D eigenvalue weighted by molar-refractivity contribution is -0.124. The molecule has 1 aromatic heterocycles. The Morgan fingerprint density at radius 1 is 1.06 bits per heavy atom. The van der Waals surface area contributed by atoms with E-state index in [2.05, 4.69) is 20.8 Å². The van der Waals surface area contributed by atoms with Gasteiger partial charge in [-0.1, -0.05) is 35.5 Å². The zero-order chi connectivity index (χ0) is 24.0. The summed E-state index contributed by atoms with van der Waals surface area (Å²) < 4.78 is 23.7. The maximum Gasteiger partial charge on any atom is 0.408 e. The van der Waals surface area contributed by atoms with Gasteiger partial charge in [-0.2, -0.15) is 4.98 Å². The van der Waals surface area contributed by atoms with Crippen molar-refractivity contribution in [3.05, 3.63) is 71.9 Å². The first-order valence-electron chi connectivity index (χ1n) is 10.5. The highest BCUT2D eigenvalue weighted by atomic mass is 19.1. The van der Waals surface area contributed by atoms with Gasteiger partial charge in [0.15, 0.2) is 0 Å². The number of rotatable bonds is 7. The van der Waals surface area contributed by atoms with Crippen molar-refractivity contribution in [1.82, 2.24) is 20.8 Å². The Labute approximate surface area is 191 Å². The number of carbonyl (C=O) groups is 2. The van der Waals surface area contributed by atoms with Crippen LogP contribution in [-0.2, 0) is 16.0 Å². The minimum atomic E-state index is -0.885. The fourth-order valence-electron chi connectivity index (χ4n) is 3.01. The van der Waals surface area contributed by atoms with E-state index in [-0.39, 0.29) is 24.0 Å². The van der Waals surface area contributed by atoms with Crippen molar-refractivity contribution in [2.24, 2.45) is 0 Å². The van der Waals surface area contributed by atoms with Crippen LogP contribution in [0.25, 0.3) is 11.4 Å². The van der Waals surface area contributed by atoms with Crippen LogP contribution in [0.5, 0.6) is 0 Å². The molecule has 0 bridgehead atoms. The topological polar surface area (TPSA) is 106 Å². The Bertz CT molecular complexity index is 1080. The lowest BCUT2D eigenvalue weighted by Gasteiger charge is -2.24. The SMILES string of the molecule is CC(NC(=O)C(Cc1ccccc1)NC(=O)OC(C)(C)C)c1nc(-c2ccc(F)cc2)no1. The van der Waals surface area contributed by atoms with Crippen molar-refractivity contribution in [3.63, 3.8) is 0 Å². The van der Waals surface area contributed by atoms with Gasteiger partial charge in [-0.05, 0) is 57.5 Å². The number of nitrogens with one attached hydrogen (secondary N) is 2. The fourth-order valence-corrected chi connectivity index (χ4v) is 3.01. The highest BCUT2D eigenvalue weighted by molar-refractivity contribution is 5.86. The van der Waals surface area contributed by atoms with Crippen LogP contribution in [0.4, 0.5) is 9.18 Å². The first-order valence-corrected chi connectivity index (χ1v) is 10.5. The number of hydrogen-bond acceptors (Lipinski definition) is 6. The standard InChI is InChI=1S/C24H27FN4O4/c1-15(22-28-20(29-33-22)17-10-12-18(25)13-11-17)26-21(30)19(14-16-8-6-5-7-9-16)27-23(31)32-24(2,3)4/h5-13,15,19H,14H2,1-4H3,(H,26,30)(H,27,31). The second-order valence-electron chi connectivity index (χ2n) is 8.58. The molecule has 0 spiro atoms. The van der Waals surface area contributed by atoms with E-state index in [9.17, 15) is 14.0 Å². The summed E-state index contributed by atoms with van der Waals surface area (Å²) in [6, 6.07) is 13.5. The molecular weight excluding hydrogens is 427 g/mol. The van der Waals surface area contributed by atoms with Crippen LogP contribution >= 0.6 is 0 Å². The Kier molecular flexibility index (Phi) is 7.42. The summed E-state index contributed by atoms with van der Waals surface area (Å²) >= 11 is 0. The molecule has 2 amide bonds. The van der Waals surface area contributed by atoms with Crippen molar-refractivity contribution >= 4 is 12.0 Å². The van der Waals surface area contributed by atoms with Crippen LogP contribution in [0.15, 0.2) is 59.1 Å². The van der Waals surface area contributed by atoms with E-state index < -0.39 is 29.7 Å². The third kappa shape index (κ3) is 7.13. The highest BCUT2D eigenvalue weighted by Gasteiger charge is 2.27. The predicted molar refractivity (Wildman–Crippen MR) is 120 cm³/mol. The van der Waals surface area contributed by atoms with E-state index in [0.717, 1.165) is 5.56 Å². The molecular formula is C24H27FN4O4. The van der Waals surface area contributed by atoms with Crippen molar-refractivity contribution in [3.8, 4) is 11.4 Å². The summed E-state index contributed by atoms with van der Waals surface area (Å²) in [7, 11) is 0. The Balaban J connectivity index is 1.71. The van der Waals surface area contributed by atoms with Crippen molar-refractivity contribution in [2.75, 3.05) is 0 Å². The van der Waals surface area contributed by atoms with Gasteiger partial charge in [-0.25, -0.2) is 9.18 Å². The maximum absolute atomic E-state index is 13.1. The lowest BCUT2D eigenvalue weighted by atomic mass is 10.1. The molecule has 8 nitrogen and oxygen atoms in total. The first-order chi connectivity index (χ1) is 15.6. The Morgan fingerprint density at radius 2 is 1.73 bits per heavy atom. The second-order valence-corrected chi connectivity index (χ2v) is 8.58. The van der Waals surface area contributed by atoms with Crippen LogP contribution in [0, 0.1) is 5.82 Å². The molecule has 9 heteroatoms. The van der Waals surface area contributed by atoms with Gasteiger partial charge in [-0.15, -0.1) is 0 Å². The molecule has 2 atom stereocenters. The molecule has 0 saturated heterocycles. The number of halogens is 1. The molecule has 0 aliphatic rings. The molecule has 0 aliphatic carbocycles. The smallest absolute Gasteiger partial charge is 0.408 e. The number of alkyl carbamates (subject to hydrolysis) is 1. The van der Waals surface area contributed by atoms with Gasteiger partial charge in [0.2, 0.25) is 17.6 Å². The summed E-state index contributed by atoms with van der Waals surface area (Å²) in [5.41, 5.74) is 0.752. The molecule has 2 unspecified atom stereocenters. The number of ether oxygens (including phenoxy) is 1. The molecule has 2 N–H and O–H groups in total. The molecule has 0 fully saturated rings. The van der Waals surface area contributed by atoms with Crippen LogP contribution in [-0.4, -0.2) is 33.8 Å². The number of carbonyl (C=O) groups excluding carboxylic acids is 2. The molecule has 0 radical (unpaired) electrons. The molecule has 3 rings (SSSR count). The van der Waals surface area contributed by atoms with Crippen LogP contribution in [0.2, 0.25) is 0 Å². The summed E-state index contributed by atoms with van der Waals surface area (Å²) in [5.74, 6) is -0.346. The molecule has 174 valence electrons. The molecule has 2 aromatic carbocycles. The van der Waals surface area contributed by atoms with Crippen LogP contribution < -0.4 is 10.6 Å². The molecule has 33 heavy (non-hydrogen) atoms. The Hall–Kier alpha value is -3.75. The summed E-state index contributed by atoms with van der Waals surface area (Å²) in [6.07, 6.45) is -0.425. The van der Waals surface area contributed by atoms with Gasteiger partial charge in [0, 0.05) is 12.0 Å². The first kappa shape index (κ1) is 23.9. The normalized spacial score (nSPS) is 13.1. The fraction of sp³-hybridized carbons (Fsp3) is 0.333. The van der Waals surface area contributed by atoms with Crippen molar-refractivity contribution in [1.29, 1.82) is 0 Å². The van der Waals surface area contributed by atoms with E-state index in [1.807, 2.05) is 30.3 Å². The number of aromatic nitrogens is 2. The third-order valence-corrected chi connectivity index (χ3v) is 4.56. The van der Waals surface area contributed by atoms with Gasteiger partial charge in [0.05, 0.1) is 0 Å². The maximum atomic E-state index is 13.1. The molecule has 0 aliphatic heterocycles. The molecule has 3 aromatic rings. The van der Waals surface area contributed by atoms with Crippen molar-refractivity contribution in [2.45, 2.75) is 51.8 Å². The zero-order valence-corrected chi connectivity index (χ0v) is 19.0. The molecule has 0 saturated carbocycles. The van der Waals surface area contributed by atoms with Gasteiger partial charge in [0.25, 0.3) is 0 Å². The third-order valence-electron chi connectivity index (χ3n) is 4.56. The number of benzene rings is 2. The zero-order valence-electron chi connectivity index (χ0n) is 19.0. The van der Waals surface area contributed by atoms with E-state index in [4.69, 9.17) is 9.26 Å². The Morgan fingerprint density at radius 3 is 2.36 bits per heavy atom.